The third-order valence-electron chi connectivity index (χ3n) is 5.10. The summed E-state index contributed by atoms with van der Waals surface area (Å²) in [5, 5.41) is 13.2. The molecule has 144 valence electrons. The SMILES string of the molecule is COC(O)C1(C(=O)Nc2sc3c(c2C(N)=O)CC(C)(C)OC3(C)C)CC1. The largest absolute Gasteiger partial charge is 0.367 e. The molecule has 2 aliphatic rings. The van der Waals surface area contributed by atoms with Crippen LogP contribution in [0.25, 0.3) is 0 Å². The van der Waals surface area contributed by atoms with Crippen LogP contribution in [0.1, 0.15) is 61.3 Å². The lowest BCUT2D eigenvalue weighted by Crippen LogP contribution is -2.42. The molecule has 7 nitrogen and oxygen atoms in total. The van der Waals surface area contributed by atoms with E-state index in [4.69, 9.17) is 15.2 Å². The summed E-state index contributed by atoms with van der Waals surface area (Å²) < 4.78 is 11.1. The number of nitrogens with two attached hydrogens (primary N) is 1. The molecule has 2 amide bonds. The van der Waals surface area contributed by atoms with E-state index in [0.717, 1.165) is 10.4 Å². The van der Waals surface area contributed by atoms with Gasteiger partial charge >= 0.3 is 0 Å². The smallest absolute Gasteiger partial charge is 0.251 e. The standard InChI is InChI=1S/C18H26N2O5S/c1-16(2)8-9-10(12(19)21)13(26-11(9)17(3,4)25-16)20-14(22)18(6-7-18)15(23)24-5/h15,23H,6-8H2,1-5H3,(H2,19,21)(H,20,22). The second-order valence-electron chi connectivity index (χ2n) is 8.23. The van der Waals surface area contributed by atoms with Gasteiger partial charge in [-0.1, -0.05) is 0 Å². The predicted octanol–water partition coefficient (Wildman–Crippen LogP) is 2.12. The lowest BCUT2D eigenvalue weighted by atomic mass is 9.86. The number of thiophene rings is 1. The van der Waals surface area contributed by atoms with Crippen LogP contribution >= 0.6 is 11.3 Å². The van der Waals surface area contributed by atoms with Gasteiger partial charge in [0.2, 0.25) is 5.91 Å². The molecule has 4 N–H and O–H groups in total. The average Bonchev–Trinajstić information content (AvgIpc) is 3.22. The van der Waals surface area contributed by atoms with E-state index in [1.54, 1.807) is 0 Å². The maximum Gasteiger partial charge on any atom is 0.251 e. The molecule has 1 unspecified atom stereocenters. The summed E-state index contributed by atoms with van der Waals surface area (Å²) in [6.07, 6.45) is 0.425. The minimum Gasteiger partial charge on any atom is -0.367 e. The molecular weight excluding hydrogens is 356 g/mol. The first kappa shape index (κ1) is 19.3. The average molecular weight is 382 g/mol. The molecule has 0 radical (unpaired) electrons. The van der Waals surface area contributed by atoms with Crippen molar-refractivity contribution in [2.24, 2.45) is 11.1 Å². The molecule has 1 atom stereocenters. The van der Waals surface area contributed by atoms with Gasteiger partial charge in [0.05, 0.1) is 16.8 Å². The number of carbonyl (C=O) groups excluding carboxylic acids is 2. The minimum absolute atomic E-state index is 0.338. The van der Waals surface area contributed by atoms with Gasteiger partial charge in [0.1, 0.15) is 10.4 Å². The van der Waals surface area contributed by atoms with E-state index in [1.807, 2.05) is 27.7 Å². The molecule has 0 bridgehead atoms. The molecular formula is C18H26N2O5S. The third-order valence-corrected chi connectivity index (χ3v) is 6.55. The third kappa shape index (κ3) is 3.05. The van der Waals surface area contributed by atoms with Crippen LogP contribution in [0.2, 0.25) is 0 Å². The Labute approximate surface area is 156 Å². The molecule has 0 aromatic carbocycles. The van der Waals surface area contributed by atoms with Crippen molar-refractivity contribution in [2.45, 2.75) is 64.4 Å². The zero-order valence-electron chi connectivity index (χ0n) is 15.8. The van der Waals surface area contributed by atoms with Crippen LogP contribution in [0.4, 0.5) is 5.00 Å². The molecule has 1 aromatic rings. The van der Waals surface area contributed by atoms with Crippen molar-refractivity contribution in [3.63, 3.8) is 0 Å². The topological polar surface area (TPSA) is 111 Å². The van der Waals surface area contributed by atoms with E-state index in [9.17, 15) is 14.7 Å². The Morgan fingerprint density at radius 1 is 1.31 bits per heavy atom. The van der Waals surface area contributed by atoms with E-state index in [1.165, 1.54) is 18.4 Å². The number of carbonyl (C=O) groups is 2. The van der Waals surface area contributed by atoms with Gasteiger partial charge in [-0.05, 0) is 46.1 Å². The van der Waals surface area contributed by atoms with Crippen molar-refractivity contribution in [3.05, 3.63) is 16.0 Å². The van der Waals surface area contributed by atoms with Gasteiger partial charge in [0.15, 0.2) is 6.29 Å². The number of fused-ring (bicyclic) bond motifs is 1. The van der Waals surface area contributed by atoms with Gasteiger partial charge in [-0.2, -0.15) is 0 Å². The second-order valence-corrected chi connectivity index (χ2v) is 9.25. The monoisotopic (exact) mass is 382 g/mol. The summed E-state index contributed by atoms with van der Waals surface area (Å²) in [5.74, 6) is -0.936. The van der Waals surface area contributed by atoms with E-state index >= 15 is 0 Å². The number of amides is 2. The fraction of sp³-hybridized carbons (Fsp3) is 0.667. The molecule has 0 saturated heterocycles. The van der Waals surface area contributed by atoms with Gasteiger partial charge < -0.3 is 25.6 Å². The first-order valence-corrected chi connectivity index (χ1v) is 9.43. The second kappa shape index (κ2) is 6.02. The predicted molar refractivity (Wildman–Crippen MR) is 98.0 cm³/mol. The first-order valence-electron chi connectivity index (χ1n) is 8.62. The van der Waals surface area contributed by atoms with Crippen molar-refractivity contribution >= 4 is 28.2 Å². The van der Waals surface area contributed by atoms with Crippen LogP contribution < -0.4 is 11.1 Å². The van der Waals surface area contributed by atoms with E-state index in [-0.39, 0.29) is 5.91 Å². The molecule has 1 aliphatic carbocycles. The highest BCUT2D eigenvalue weighted by Crippen LogP contribution is 2.52. The fourth-order valence-corrected chi connectivity index (χ4v) is 5.10. The van der Waals surface area contributed by atoms with Crippen LogP contribution in [0.3, 0.4) is 0 Å². The summed E-state index contributed by atoms with van der Waals surface area (Å²) in [6.45, 7) is 7.81. The summed E-state index contributed by atoms with van der Waals surface area (Å²) in [7, 11) is 1.36. The van der Waals surface area contributed by atoms with Crippen molar-refractivity contribution in [1.82, 2.24) is 0 Å². The Kier molecular flexibility index (Phi) is 4.46. The van der Waals surface area contributed by atoms with Crippen molar-refractivity contribution in [2.75, 3.05) is 12.4 Å². The molecule has 1 aliphatic heterocycles. The summed E-state index contributed by atoms with van der Waals surface area (Å²) >= 11 is 1.31. The van der Waals surface area contributed by atoms with E-state index in [0.29, 0.717) is 29.8 Å². The summed E-state index contributed by atoms with van der Waals surface area (Å²) in [6, 6.07) is 0. The van der Waals surface area contributed by atoms with E-state index < -0.39 is 28.8 Å². The van der Waals surface area contributed by atoms with Crippen LogP contribution in [-0.2, 0) is 26.3 Å². The Hall–Kier alpha value is -1.48. The highest BCUT2D eigenvalue weighted by Gasteiger charge is 2.56. The van der Waals surface area contributed by atoms with E-state index in [2.05, 4.69) is 5.32 Å². The van der Waals surface area contributed by atoms with Crippen LogP contribution in [0, 0.1) is 5.41 Å². The summed E-state index contributed by atoms with van der Waals surface area (Å²) in [4.78, 5) is 25.8. The van der Waals surface area contributed by atoms with Crippen LogP contribution in [0.5, 0.6) is 0 Å². The molecule has 3 rings (SSSR count). The van der Waals surface area contributed by atoms with Crippen LogP contribution in [0.15, 0.2) is 0 Å². The Bertz CT molecular complexity index is 764. The maximum atomic E-state index is 12.7. The maximum absolute atomic E-state index is 12.7. The number of nitrogens with one attached hydrogen (secondary N) is 1. The molecule has 26 heavy (non-hydrogen) atoms. The minimum atomic E-state index is -1.17. The Balaban J connectivity index is 2.01. The number of aliphatic hydroxyl groups excluding tert-OH is 1. The number of hydrogen-bond acceptors (Lipinski definition) is 6. The molecule has 1 saturated carbocycles. The zero-order valence-corrected chi connectivity index (χ0v) is 16.6. The molecule has 8 heteroatoms. The number of aliphatic hydroxyl groups is 1. The van der Waals surface area contributed by atoms with Gasteiger partial charge in [0, 0.05) is 18.4 Å². The molecule has 2 heterocycles. The zero-order chi connectivity index (χ0) is 19.5. The molecule has 1 fully saturated rings. The van der Waals surface area contributed by atoms with Gasteiger partial charge in [-0.3, -0.25) is 9.59 Å². The van der Waals surface area contributed by atoms with Gasteiger partial charge in [-0.25, -0.2) is 0 Å². The van der Waals surface area contributed by atoms with Crippen molar-refractivity contribution in [3.8, 4) is 0 Å². The Morgan fingerprint density at radius 2 is 1.92 bits per heavy atom. The van der Waals surface area contributed by atoms with Crippen molar-refractivity contribution < 1.29 is 24.2 Å². The van der Waals surface area contributed by atoms with Crippen LogP contribution in [-0.4, -0.2) is 35.9 Å². The number of methoxy groups -OCH3 is 1. The fourth-order valence-electron chi connectivity index (χ4n) is 3.84. The summed E-state index contributed by atoms with van der Waals surface area (Å²) in [5.41, 5.74) is 4.81. The number of ether oxygens (including phenoxy) is 2. The van der Waals surface area contributed by atoms with Crippen molar-refractivity contribution in [1.29, 1.82) is 0 Å². The lowest BCUT2D eigenvalue weighted by Gasteiger charge is -2.41. The molecule has 1 aromatic heterocycles. The highest BCUT2D eigenvalue weighted by atomic mass is 32.1. The Morgan fingerprint density at radius 3 is 2.42 bits per heavy atom. The lowest BCUT2D eigenvalue weighted by molar-refractivity contribution is -0.149. The quantitative estimate of drug-likeness (QED) is 0.676. The number of anilines is 1. The van der Waals surface area contributed by atoms with Gasteiger partial charge in [-0.15, -0.1) is 11.3 Å². The number of rotatable bonds is 5. The number of hydrogen-bond donors (Lipinski definition) is 3. The molecule has 0 spiro atoms. The van der Waals surface area contributed by atoms with Gasteiger partial charge in [0.25, 0.3) is 5.91 Å². The highest BCUT2D eigenvalue weighted by molar-refractivity contribution is 7.17. The normalized spacial score (nSPS) is 23.0. The number of primary amides is 1. The first-order chi connectivity index (χ1) is 11.9.